The van der Waals surface area contributed by atoms with E-state index in [9.17, 15) is 8.42 Å². The fourth-order valence-corrected chi connectivity index (χ4v) is 4.60. The van der Waals surface area contributed by atoms with Gasteiger partial charge >= 0.3 is 0 Å². The van der Waals surface area contributed by atoms with Gasteiger partial charge in [-0.15, -0.1) is 0 Å². The molecule has 0 aromatic carbocycles. The molecule has 2 aliphatic heterocycles. The SMILES string of the molecule is CC1CCCN(S(=O)(=O)NC2(C)CCNCC2)C1. The standard InChI is InChI=1S/C12H25N3O2S/c1-11-4-3-9-15(10-11)18(16,17)14-12(2)5-7-13-8-6-12/h11,13-14H,3-10H2,1-2H3. The normalized spacial score (nSPS) is 30.2. The van der Waals surface area contributed by atoms with Crippen molar-refractivity contribution in [2.45, 2.75) is 45.1 Å². The maximum Gasteiger partial charge on any atom is 0.279 e. The van der Waals surface area contributed by atoms with Gasteiger partial charge in [0.2, 0.25) is 0 Å². The fraction of sp³-hybridized carbons (Fsp3) is 1.00. The predicted molar refractivity (Wildman–Crippen MR) is 72.5 cm³/mol. The monoisotopic (exact) mass is 275 g/mol. The Balaban J connectivity index is 2.01. The average Bonchev–Trinajstić information content (AvgIpc) is 2.28. The third-order valence-corrected chi connectivity index (χ3v) is 5.80. The first kappa shape index (κ1) is 14.2. The minimum atomic E-state index is -3.32. The van der Waals surface area contributed by atoms with Gasteiger partial charge in [-0.05, 0) is 51.6 Å². The molecule has 5 nitrogen and oxygen atoms in total. The minimum absolute atomic E-state index is 0.287. The lowest BCUT2D eigenvalue weighted by Crippen LogP contribution is -2.57. The summed E-state index contributed by atoms with van der Waals surface area (Å²) in [6.45, 7) is 7.22. The van der Waals surface area contributed by atoms with Crippen molar-refractivity contribution < 1.29 is 8.42 Å². The van der Waals surface area contributed by atoms with Gasteiger partial charge in [0, 0.05) is 18.6 Å². The number of hydrogen-bond acceptors (Lipinski definition) is 3. The molecule has 0 saturated carbocycles. The highest BCUT2D eigenvalue weighted by Gasteiger charge is 2.35. The number of nitrogens with one attached hydrogen (secondary N) is 2. The summed E-state index contributed by atoms with van der Waals surface area (Å²) in [7, 11) is -3.32. The van der Waals surface area contributed by atoms with Crippen molar-refractivity contribution in [3.63, 3.8) is 0 Å². The summed E-state index contributed by atoms with van der Waals surface area (Å²) >= 11 is 0. The molecule has 6 heteroatoms. The van der Waals surface area contributed by atoms with Gasteiger partial charge in [0.05, 0.1) is 0 Å². The number of nitrogens with zero attached hydrogens (tertiary/aromatic N) is 1. The van der Waals surface area contributed by atoms with Crippen LogP contribution < -0.4 is 10.0 Å². The summed E-state index contributed by atoms with van der Waals surface area (Å²) in [6.07, 6.45) is 3.82. The van der Waals surface area contributed by atoms with Crippen LogP contribution in [-0.4, -0.2) is 44.4 Å². The zero-order valence-electron chi connectivity index (χ0n) is 11.4. The van der Waals surface area contributed by atoms with E-state index in [-0.39, 0.29) is 5.54 Å². The average molecular weight is 275 g/mol. The highest BCUT2D eigenvalue weighted by Crippen LogP contribution is 2.22. The van der Waals surface area contributed by atoms with Crippen LogP contribution in [0.2, 0.25) is 0 Å². The second kappa shape index (κ2) is 5.45. The summed E-state index contributed by atoms with van der Waals surface area (Å²) in [4.78, 5) is 0. The smallest absolute Gasteiger partial charge is 0.279 e. The molecule has 106 valence electrons. The lowest BCUT2D eigenvalue weighted by atomic mass is 9.92. The molecule has 18 heavy (non-hydrogen) atoms. The largest absolute Gasteiger partial charge is 0.317 e. The van der Waals surface area contributed by atoms with Gasteiger partial charge in [-0.2, -0.15) is 17.4 Å². The van der Waals surface area contributed by atoms with E-state index < -0.39 is 10.2 Å². The quantitative estimate of drug-likeness (QED) is 0.797. The van der Waals surface area contributed by atoms with E-state index in [1.807, 2.05) is 6.92 Å². The molecule has 0 radical (unpaired) electrons. The van der Waals surface area contributed by atoms with E-state index in [0.29, 0.717) is 19.0 Å². The van der Waals surface area contributed by atoms with Crippen LogP contribution in [0.25, 0.3) is 0 Å². The highest BCUT2D eigenvalue weighted by atomic mass is 32.2. The Labute approximate surface area is 110 Å². The molecule has 1 atom stereocenters. The number of rotatable bonds is 3. The molecule has 1 unspecified atom stereocenters. The van der Waals surface area contributed by atoms with Crippen LogP contribution in [0.3, 0.4) is 0 Å². The van der Waals surface area contributed by atoms with E-state index >= 15 is 0 Å². The van der Waals surface area contributed by atoms with Crippen molar-refractivity contribution in [2.75, 3.05) is 26.2 Å². The second-order valence-electron chi connectivity index (χ2n) is 6.02. The third kappa shape index (κ3) is 3.44. The van der Waals surface area contributed by atoms with Gasteiger partial charge in [-0.3, -0.25) is 0 Å². The van der Waals surface area contributed by atoms with Crippen molar-refractivity contribution in [1.82, 2.24) is 14.3 Å². The summed E-state index contributed by atoms with van der Waals surface area (Å²) in [5, 5.41) is 3.26. The lowest BCUT2D eigenvalue weighted by Gasteiger charge is -2.38. The molecule has 2 saturated heterocycles. The van der Waals surface area contributed by atoms with Crippen LogP contribution in [0.1, 0.15) is 39.5 Å². The van der Waals surface area contributed by atoms with E-state index in [2.05, 4.69) is 17.0 Å². The van der Waals surface area contributed by atoms with Gasteiger partial charge in [-0.1, -0.05) is 6.92 Å². The Bertz CT molecular complexity index is 377. The zero-order chi connectivity index (χ0) is 13.2. The summed E-state index contributed by atoms with van der Waals surface area (Å²) < 4.78 is 29.3. The third-order valence-electron chi connectivity index (χ3n) is 4.04. The number of hydrogen-bond donors (Lipinski definition) is 2. The van der Waals surface area contributed by atoms with E-state index in [1.54, 1.807) is 4.31 Å². The van der Waals surface area contributed by atoms with Crippen LogP contribution in [-0.2, 0) is 10.2 Å². The molecule has 2 N–H and O–H groups in total. The van der Waals surface area contributed by atoms with E-state index in [0.717, 1.165) is 38.8 Å². The number of piperidine rings is 2. The Morgan fingerprint density at radius 2 is 2.00 bits per heavy atom. The molecule has 0 aromatic heterocycles. The van der Waals surface area contributed by atoms with Crippen molar-refractivity contribution in [3.05, 3.63) is 0 Å². The summed E-state index contributed by atoms with van der Waals surface area (Å²) in [6, 6.07) is 0. The second-order valence-corrected chi connectivity index (χ2v) is 7.69. The molecular weight excluding hydrogens is 250 g/mol. The van der Waals surface area contributed by atoms with Gasteiger partial charge in [0.25, 0.3) is 10.2 Å². The topological polar surface area (TPSA) is 61.4 Å². The van der Waals surface area contributed by atoms with Crippen LogP contribution in [0, 0.1) is 5.92 Å². The molecule has 2 heterocycles. The fourth-order valence-electron chi connectivity index (χ4n) is 2.82. The molecule has 0 spiro atoms. The van der Waals surface area contributed by atoms with Crippen LogP contribution in [0.5, 0.6) is 0 Å². The van der Waals surface area contributed by atoms with E-state index in [1.165, 1.54) is 0 Å². The van der Waals surface area contributed by atoms with E-state index in [4.69, 9.17) is 0 Å². The first-order valence-corrected chi connectivity index (χ1v) is 8.35. The summed E-state index contributed by atoms with van der Waals surface area (Å²) in [5.74, 6) is 0.469. The van der Waals surface area contributed by atoms with Crippen molar-refractivity contribution in [3.8, 4) is 0 Å². The first-order chi connectivity index (χ1) is 8.41. The first-order valence-electron chi connectivity index (χ1n) is 6.91. The van der Waals surface area contributed by atoms with Crippen LogP contribution >= 0.6 is 0 Å². The van der Waals surface area contributed by atoms with Crippen LogP contribution in [0.4, 0.5) is 0 Å². The molecule has 2 aliphatic rings. The molecule has 0 bridgehead atoms. The molecule has 2 rings (SSSR count). The molecular formula is C12H25N3O2S. The Kier molecular flexibility index (Phi) is 4.31. The molecule has 0 amide bonds. The van der Waals surface area contributed by atoms with Gasteiger partial charge < -0.3 is 5.32 Å². The van der Waals surface area contributed by atoms with Crippen molar-refractivity contribution in [2.24, 2.45) is 5.92 Å². The Hall–Kier alpha value is -0.170. The minimum Gasteiger partial charge on any atom is -0.317 e. The van der Waals surface area contributed by atoms with Crippen LogP contribution in [0.15, 0.2) is 0 Å². The van der Waals surface area contributed by atoms with Crippen molar-refractivity contribution >= 4 is 10.2 Å². The molecule has 0 aromatic rings. The van der Waals surface area contributed by atoms with Gasteiger partial charge in [0.1, 0.15) is 0 Å². The Morgan fingerprint density at radius 1 is 1.33 bits per heavy atom. The zero-order valence-corrected chi connectivity index (χ0v) is 12.2. The summed E-state index contributed by atoms with van der Waals surface area (Å²) in [5.41, 5.74) is -0.287. The highest BCUT2D eigenvalue weighted by molar-refractivity contribution is 7.87. The maximum atomic E-state index is 12.4. The lowest BCUT2D eigenvalue weighted by molar-refractivity contribution is 0.259. The van der Waals surface area contributed by atoms with Crippen molar-refractivity contribution in [1.29, 1.82) is 0 Å². The molecule has 0 aliphatic carbocycles. The predicted octanol–water partition coefficient (Wildman–Crippen LogP) is 0.695. The van der Waals surface area contributed by atoms with Gasteiger partial charge in [-0.25, -0.2) is 0 Å². The Morgan fingerprint density at radius 3 is 2.61 bits per heavy atom. The van der Waals surface area contributed by atoms with Gasteiger partial charge in [0.15, 0.2) is 0 Å². The maximum absolute atomic E-state index is 12.4. The molecule has 2 fully saturated rings.